The van der Waals surface area contributed by atoms with Crippen LogP contribution in [0.4, 0.5) is 0 Å². The molecule has 1 saturated heterocycles. The number of halogens is 1. The Morgan fingerprint density at radius 2 is 1.79 bits per heavy atom. The molecule has 0 saturated carbocycles. The van der Waals surface area contributed by atoms with E-state index >= 15 is 0 Å². The highest BCUT2D eigenvalue weighted by atomic mass is 35.5. The van der Waals surface area contributed by atoms with Gasteiger partial charge < -0.3 is 5.32 Å². The van der Waals surface area contributed by atoms with Gasteiger partial charge in [0, 0.05) is 30.2 Å². The average molecular weight is 421 g/mol. The van der Waals surface area contributed by atoms with Gasteiger partial charge in [-0.15, -0.1) is 0 Å². The minimum Gasteiger partial charge on any atom is -0.352 e. The molecule has 1 amide bonds. The molecule has 150 valence electrons. The van der Waals surface area contributed by atoms with E-state index in [1.165, 1.54) is 10.4 Å². The minimum atomic E-state index is -3.53. The molecule has 28 heavy (non-hydrogen) atoms. The highest BCUT2D eigenvalue weighted by molar-refractivity contribution is 7.89. The van der Waals surface area contributed by atoms with Gasteiger partial charge in [0.2, 0.25) is 10.0 Å². The minimum absolute atomic E-state index is 0.186. The molecule has 3 rings (SSSR count). The van der Waals surface area contributed by atoms with E-state index in [4.69, 9.17) is 11.6 Å². The first-order valence-corrected chi connectivity index (χ1v) is 11.3. The molecule has 1 heterocycles. The van der Waals surface area contributed by atoms with E-state index in [-0.39, 0.29) is 10.8 Å². The molecule has 5 nitrogen and oxygen atoms in total. The maximum atomic E-state index is 12.7. The Labute approximate surface area is 171 Å². The van der Waals surface area contributed by atoms with Crippen LogP contribution in [0.2, 0.25) is 5.02 Å². The summed E-state index contributed by atoms with van der Waals surface area (Å²) < 4.78 is 27.0. The van der Waals surface area contributed by atoms with Gasteiger partial charge >= 0.3 is 0 Å². The van der Waals surface area contributed by atoms with Crippen LogP contribution in [-0.2, 0) is 16.4 Å². The van der Waals surface area contributed by atoms with E-state index in [1.807, 2.05) is 31.2 Å². The van der Waals surface area contributed by atoms with Crippen molar-refractivity contribution in [2.24, 2.45) is 0 Å². The molecule has 0 unspecified atom stereocenters. The molecule has 7 heteroatoms. The number of hydrogen-bond acceptors (Lipinski definition) is 3. The molecule has 2 aromatic carbocycles. The van der Waals surface area contributed by atoms with Gasteiger partial charge in [-0.2, -0.15) is 4.31 Å². The molecule has 1 aliphatic heterocycles. The van der Waals surface area contributed by atoms with Crippen LogP contribution in [-0.4, -0.2) is 38.3 Å². The van der Waals surface area contributed by atoms with Gasteiger partial charge in [0.05, 0.1) is 4.90 Å². The Balaban J connectivity index is 1.62. The predicted octanol–water partition coefficient (Wildman–Crippen LogP) is 3.80. The number of aryl methyl sites for hydroxylation is 2. The number of hydrogen-bond donors (Lipinski definition) is 1. The van der Waals surface area contributed by atoms with Crippen LogP contribution in [0.15, 0.2) is 47.4 Å². The summed E-state index contributed by atoms with van der Waals surface area (Å²) in [5, 5.41) is 3.60. The van der Waals surface area contributed by atoms with Crippen molar-refractivity contribution in [2.75, 3.05) is 19.6 Å². The standard InChI is InChI=1S/C21H25ClN2O3S/c1-16-6-11-19(28(26,27)24-13-2-3-14-24)15-20(16)21(25)23-12-4-5-17-7-9-18(22)10-8-17/h6-11,15H,2-5,12-14H2,1H3,(H,23,25). The lowest BCUT2D eigenvalue weighted by atomic mass is 10.1. The molecule has 2 aromatic rings. The van der Waals surface area contributed by atoms with Crippen molar-refractivity contribution < 1.29 is 13.2 Å². The molecule has 0 atom stereocenters. The second-order valence-corrected chi connectivity index (χ2v) is 9.45. The van der Waals surface area contributed by atoms with Crippen molar-refractivity contribution in [3.63, 3.8) is 0 Å². The van der Waals surface area contributed by atoms with Crippen molar-refractivity contribution in [2.45, 2.75) is 37.5 Å². The number of amides is 1. The van der Waals surface area contributed by atoms with Crippen LogP contribution in [0.1, 0.15) is 40.7 Å². The van der Waals surface area contributed by atoms with Crippen molar-refractivity contribution in [1.29, 1.82) is 0 Å². The maximum Gasteiger partial charge on any atom is 0.251 e. The maximum absolute atomic E-state index is 12.7. The number of rotatable bonds is 7. The number of nitrogens with zero attached hydrogens (tertiary/aromatic N) is 1. The third-order valence-electron chi connectivity index (χ3n) is 5.00. The third-order valence-corrected chi connectivity index (χ3v) is 7.14. The summed E-state index contributed by atoms with van der Waals surface area (Å²) in [6.07, 6.45) is 3.39. The molecular formula is C21H25ClN2O3S. The fourth-order valence-corrected chi connectivity index (χ4v) is 4.99. The van der Waals surface area contributed by atoms with Gasteiger partial charge in [0.25, 0.3) is 5.91 Å². The van der Waals surface area contributed by atoms with Crippen LogP contribution < -0.4 is 5.32 Å². The summed E-state index contributed by atoms with van der Waals surface area (Å²) in [6, 6.07) is 12.4. The zero-order valence-electron chi connectivity index (χ0n) is 15.9. The Kier molecular flexibility index (Phi) is 6.75. The van der Waals surface area contributed by atoms with Crippen LogP contribution in [0.3, 0.4) is 0 Å². The fraction of sp³-hybridized carbons (Fsp3) is 0.381. The largest absolute Gasteiger partial charge is 0.352 e. The molecule has 1 aliphatic rings. The fourth-order valence-electron chi connectivity index (χ4n) is 3.32. The quantitative estimate of drug-likeness (QED) is 0.693. The van der Waals surface area contributed by atoms with Gasteiger partial charge in [-0.3, -0.25) is 4.79 Å². The second-order valence-electron chi connectivity index (χ2n) is 7.07. The monoisotopic (exact) mass is 420 g/mol. The van der Waals surface area contributed by atoms with Crippen molar-refractivity contribution >= 4 is 27.5 Å². The average Bonchev–Trinajstić information content (AvgIpc) is 3.22. The lowest BCUT2D eigenvalue weighted by molar-refractivity contribution is 0.0952. The zero-order chi connectivity index (χ0) is 20.1. The second kappa shape index (κ2) is 9.07. The SMILES string of the molecule is Cc1ccc(S(=O)(=O)N2CCCC2)cc1C(=O)NCCCc1ccc(Cl)cc1. The summed E-state index contributed by atoms with van der Waals surface area (Å²) in [5.41, 5.74) is 2.33. The van der Waals surface area contributed by atoms with Gasteiger partial charge in [0.1, 0.15) is 0 Å². The number of carbonyl (C=O) groups is 1. The molecule has 0 aromatic heterocycles. The van der Waals surface area contributed by atoms with Crippen LogP contribution >= 0.6 is 11.6 Å². The van der Waals surface area contributed by atoms with E-state index in [9.17, 15) is 13.2 Å². The predicted molar refractivity (Wildman–Crippen MR) is 111 cm³/mol. The Bertz CT molecular complexity index is 937. The summed E-state index contributed by atoms with van der Waals surface area (Å²) >= 11 is 5.88. The topological polar surface area (TPSA) is 66.5 Å². The van der Waals surface area contributed by atoms with E-state index in [0.717, 1.165) is 36.8 Å². The molecule has 0 aliphatic carbocycles. The van der Waals surface area contributed by atoms with E-state index < -0.39 is 10.0 Å². The molecule has 1 N–H and O–H groups in total. The first kappa shape index (κ1) is 20.8. The van der Waals surface area contributed by atoms with Gasteiger partial charge in [-0.25, -0.2) is 8.42 Å². The van der Waals surface area contributed by atoms with Crippen molar-refractivity contribution in [3.05, 3.63) is 64.2 Å². The molecule has 0 bridgehead atoms. The van der Waals surface area contributed by atoms with E-state index in [1.54, 1.807) is 12.1 Å². The Morgan fingerprint density at radius 1 is 1.11 bits per heavy atom. The number of benzene rings is 2. The normalized spacial score (nSPS) is 14.9. The van der Waals surface area contributed by atoms with Crippen molar-refractivity contribution in [3.8, 4) is 0 Å². The molecule has 0 radical (unpaired) electrons. The molecule has 1 fully saturated rings. The Hall–Kier alpha value is -1.89. The number of carbonyl (C=O) groups excluding carboxylic acids is 1. The van der Waals surface area contributed by atoms with Gasteiger partial charge in [0.15, 0.2) is 0 Å². The number of nitrogens with one attached hydrogen (secondary N) is 1. The van der Waals surface area contributed by atoms with Crippen LogP contribution in [0.25, 0.3) is 0 Å². The van der Waals surface area contributed by atoms with Crippen LogP contribution in [0, 0.1) is 6.92 Å². The van der Waals surface area contributed by atoms with Gasteiger partial charge in [-0.1, -0.05) is 29.8 Å². The molecular weight excluding hydrogens is 396 g/mol. The summed E-state index contributed by atoms with van der Waals surface area (Å²) in [4.78, 5) is 12.8. The summed E-state index contributed by atoms with van der Waals surface area (Å²) in [7, 11) is -3.53. The van der Waals surface area contributed by atoms with E-state index in [2.05, 4.69) is 5.32 Å². The zero-order valence-corrected chi connectivity index (χ0v) is 17.5. The summed E-state index contributed by atoms with van der Waals surface area (Å²) in [6.45, 7) is 3.42. The highest BCUT2D eigenvalue weighted by Crippen LogP contribution is 2.23. The number of sulfonamides is 1. The summed E-state index contributed by atoms with van der Waals surface area (Å²) in [5.74, 6) is -0.243. The third kappa shape index (κ3) is 4.93. The lowest BCUT2D eigenvalue weighted by Gasteiger charge is -2.17. The Morgan fingerprint density at radius 3 is 2.46 bits per heavy atom. The van der Waals surface area contributed by atoms with E-state index in [0.29, 0.717) is 30.2 Å². The van der Waals surface area contributed by atoms with Crippen LogP contribution in [0.5, 0.6) is 0 Å². The smallest absolute Gasteiger partial charge is 0.251 e. The van der Waals surface area contributed by atoms with Crippen molar-refractivity contribution in [1.82, 2.24) is 9.62 Å². The lowest BCUT2D eigenvalue weighted by Crippen LogP contribution is -2.29. The first-order valence-electron chi connectivity index (χ1n) is 9.51. The highest BCUT2D eigenvalue weighted by Gasteiger charge is 2.28. The van der Waals surface area contributed by atoms with Gasteiger partial charge in [-0.05, 0) is 68.0 Å². The molecule has 0 spiro atoms. The first-order chi connectivity index (χ1) is 13.4.